The molecule has 1 N–H and O–H groups in total. The van der Waals surface area contributed by atoms with Gasteiger partial charge in [-0.05, 0) is 48.5 Å². The summed E-state index contributed by atoms with van der Waals surface area (Å²) < 4.78 is 6.91. The standard InChI is InChI=1S/C23H15N5O2/c1-30-16-9-6-14(7-10-16)23(29)25-15-8-11-20-17(12-24)21-22(28(20)13-15)27-19-5-3-2-4-18(19)26-21/h2-11,13H,1H3,(H,25,29). The van der Waals surface area contributed by atoms with Crippen LogP contribution in [-0.4, -0.2) is 27.4 Å². The average Bonchev–Trinajstić information content (AvgIpc) is 3.09. The third kappa shape index (κ3) is 2.79. The lowest BCUT2D eigenvalue weighted by molar-refractivity contribution is 0.102. The van der Waals surface area contributed by atoms with Crippen molar-refractivity contribution in [3.8, 4) is 11.8 Å². The number of amides is 1. The van der Waals surface area contributed by atoms with Crippen LogP contribution in [0, 0.1) is 11.3 Å². The second-order valence-corrected chi connectivity index (χ2v) is 6.73. The molecule has 5 aromatic rings. The normalized spacial score (nSPS) is 10.9. The van der Waals surface area contributed by atoms with Gasteiger partial charge in [0.05, 0.1) is 29.3 Å². The summed E-state index contributed by atoms with van der Waals surface area (Å²) in [5, 5.41) is 12.6. The Kier molecular flexibility index (Phi) is 4.04. The van der Waals surface area contributed by atoms with E-state index in [2.05, 4.69) is 16.4 Å². The molecule has 0 radical (unpaired) electrons. The highest BCUT2D eigenvalue weighted by Crippen LogP contribution is 2.27. The van der Waals surface area contributed by atoms with Crippen LogP contribution in [0.2, 0.25) is 0 Å². The van der Waals surface area contributed by atoms with Gasteiger partial charge in [-0.1, -0.05) is 12.1 Å². The molecule has 3 aromatic heterocycles. The summed E-state index contributed by atoms with van der Waals surface area (Å²) in [6.07, 6.45) is 1.75. The molecule has 0 atom stereocenters. The number of benzene rings is 2. The summed E-state index contributed by atoms with van der Waals surface area (Å²) in [6.45, 7) is 0. The number of nitriles is 1. The van der Waals surface area contributed by atoms with E-state index in [9.17, 15) is 10.1 Å². The highest BCUT2D eigenvalue weighted by atomic mass is 16.5. The lowest BCUT2D eigenvalue weighted by Gasteiger charge is -2.07. The van der Waals surface area contributed by atoms with Crippen LogP contribution in [-0.2, 0) is 0 Å². The van der Waals surface area contributed by atoms with Crippen LogP contribution in [0.3, 0.4) is 0 Å². The Balaban J connectivity index is 1.60. The maximum atomic E-state index is 12.6. The average molecular weight is 393 g/mol. The van der Waals surface area contributed by atoms with Crippen molar-refractivity contribution >= 4 is 39.3 Å². The Morgan fingerprint density at radius 1 is 1.03 bits per heavy atom. The van der Waals surface area contributed by atoms with E-state index in [1.807, 2.05) is 24.3 Å². The number of anilines is 1. The molecular weight excluding hydrogens is 378 g/mol. The zero-order valence-corrected chi connectivity index (χ0v) is 16.0. The smallest absolute Gasteiger partial charge is 0.255 e. The summed E-state index contributed by atoms with van der Waals surface area (Å²) in [5.41, 5.74) is 4.81. The Morgan fingerprint density at radius 3 is 2.47 bits per heavy atom. The number of hydrogen-bond acceptors (Lipinski definition) is 5. The summed E-state index contributed by atoms with van der Waals surface area (Å²) in [6, 6.07) is 20.2. The molecule has 0 saturated heterocycles. The van der Waals surface area contributed by atoms with Crippen LogP contribution >= 0.6 is 0 Å². The third-order valence-corrected chi connectivity index (χ3v) is 4.94. The number of nitrogens with zero attached hydrogens (tertiary/aromatic N) is 4. The van der Waals surface area contributed by atoms with Crippen LogP contribution in [0.25, 0.3) is 27.7 Å². The van der Waals surface area contributed by atoms with E-state index in [0.717, 1.165) is 11.0 Å². The Hall–Kier alpha value is -4.44. The van der Waals surface area contributed by atoms with Crippen molar-refractivity contribution < 1.29 is 9.53 Å². The third-order valence-electron chi connectivity index (χ3n) is 4.94. The van der Waals surface area contributed by atoms with Crippen molar-refractivity contribution in [2.75, 3.05) is 12.4 Å². The van der Waals surface area contributed by atoms with E-state index >= 15 is 0 Å². The SMILES string of the molecule is COc1ccc(C(=O)Nc2ccc3c(C#N)c4nc5ccccc5nc4n3c2)cc1. The molecule has 30 heavy (non-hydrogen) atoms. The molecule has 7 nitrogen and oxygen atoms in total. The molecule has 5 rings (SSSR count). The van der Waals surface area contributed by atoms with Crippen molar-refractivity contribution in [2.24, 2.45) is 0 Å². The van der Waals surface area contributed by atoms with Gasteiger partial charge in [0.15, 0.2) is 5.65 Å². The van der Waals surface area contributed by atoms with Crippen molar-refractivity contribution in [3.05, 3.63) is 78.0 Å². The first-order valence-electron chi connectivity index (χ1n) is 9.24. The number of carbonyl (C=O) groups is 1. The van der Waals surface area contributed by atoms with Crippen LogP contribution in [0.5, 0.6) is 5.75 Å². The minimum Gasteiger partial charge on any atom is -0.497 e. The molecule has 0 unspecified atom stereocenters. The molecule has 0 aliphatic rings. The van der Waals surface area contributed by atoms with Gasteiger partial charge in [-0.25, -0.2) is 9.97 Å². The Labute approximate surface area is 171 Å². The predicted molar refractivity (Wildman–Crippen MR) is 114 cm³/mol. The zero-order valence-electron chi connectivity index (χ0n) is 16.0. The van der Waals surface area contributed by atoms with Gasteiger partial charge in [-0.15, -0.1) is 0 Å². The van der Waals surface area contributed by atoms with Crippen LogP contribution < -0.4 is 10.1 Å². The van der Waals surface area contributed by atoms with Crippen molar-refractivity contribution in [1.82, 2.24) is 14.4 Å². The number of ether oxygens (including phenoxy) is 1. The van der Waals surface area contributed by atoms with Gasteiger partial charge in [0.25, 0.3) is 5.91 Å². The van der Waals surface area contributed by atoms with Crippen LogP contribution in [0.15, 0.2) is 66.9 Å². The van der Waals surface area contributed by atoms with Gasteiger partial charge in [0.2, 0.25) is 0 Å². The molecule has 0 aliphatic heterocycles. The summed E-state index contributed by atoms with van der Waals surface area (Å²) in [7, 11) is 1.58. The number of para-hydroxylation sites is 2. The second kappa shape index (κ2) is 6.87. The number of carbonyl (C=O) groups excluding carboxylic acids is 1. The maximum Gasteiger partial charge on any atom is 0.255 e. The van der Waals surface area contributed by atoms with E-state index in [0.29, 0.717) is 39.2 Å². The molecule has 3 heterocycles. The minimum absolute atomic E-state index is 0.245. The fourth-order valence-corrected chi connectivity index (χ4v) is 3.46. The molecule has 0 saturated carbocycles. The monoisotopic (exact) mass is 393 g/mol. The van der Waals surface area contributed by atoms with E-state index in [4.69, 9.17) is 9.72 Å². The molecule has 0 fully saturated rings. The Bertz CT molecular complexity index is 1480. The quantitative estimate of drug-likeness (QED) is 0.497. The highest BCUT2D eigenvalue weighted by molar-refractivity contribution is 6.04. The molecule has 0 bridgehead atoms. The first-order chi connectivity index (χ1) is 14.7. The number of rotatable bonds is 3. The number of hydrogen-bond donors (Lipinski definition) is 1. The van der Waals surface area contributed by atoms with Crippen LogP contribution in [0.4, 0.5) is 5.69 Å². The summed E-state index contributed by atoms with van der Waals surface area (Å²) in [4.78, 5) is 21.9. The number of aromatic nitrogens is 3. The predicted octanol–water partition coefficient (Wildman–Crippen LogP) is 4.17. The first kappa shape index (κ1) is 17.6. The van der Waals surface area contributed by atoms with Crippen molar-refractivity contribution in [1.29, 1.82) is 5.26 Å². The summed E-state index contributed by atoms with van der Waals surface area (Å²) in [5.74, 6) is 0.437. The van der Waals surface area contributed by atoms with Gasteiger partial charge in [-0.3, -0.25) is 9.20 Å². The molecule has 1 amide bonds. The number of methoxy groups -OCH3 is 1. The number of pyridine rings is 1. The second-order valence-electron chi connectivity index (χ2n) is 6.73. The largest absolute Gasteiger partial charge is 0.497 e. The number of fused-ring (bicyclic) bond motifs is 4. The van der Waals surface area contributed by atoms with Crippen LogP contribution in [0.1, 0.15) is 15.9 Å². The van der Waals surface area contributed by atoms with Gasteiger partial charge in [-0.2, -0.15) is 5.26 Å². The fraction of sp³-hybridized carbons (Fsp3) is 0.0435. The highest BCUT2D eigenvalue weighted by Gasteiger charge is 2.16. The van der Waals surface area contributed by atoms with Gasteiger partial charge in [0, 0.05) is 11.8 Å². The zero-order chi connectivity index (χ0) is 20.7. The molecule has 7 heteroatoms. The molecule has 144 valence electrons. The van der Waals surface area contributed by atoms with E-state index in [-0.39, 0.29) is 5.91 Å². The molecular formula is C23H15N5O2. The van der Waals surface area contributed by atoms with E-state index in [1.54, 1.807) is 54.1 Å². The first-order valence-corrected chi connectivity index (χ1v) is 9.24. The minimum atomic E-state index is -0.245. The van der Waals surface area contributed by atoms with E-state index < -0.39 is 0 Å². The Morgan fingerprint density at radius 2 is 1.77 bits per heavy atom. The number of nitrogens with one attached hydrogen (secondary N) is 1. The lowest BCUT2D eigenvalue weighted by Crippen LogP contribution is -2.12. The maximum absolute atomic E-state index is 12.6. The molecule has 0 aliphatic carbocycles. The molecule has 0 spiro atoms. The summed E-state index contributed by atoms with van der Waals surface area (Å²) >= 11 is 0. The van der Waals surface area contributed by atoms with Gasteiger partial charge >= 0.3 is 0 Å². The lowest BCUT2D eigenvalue weighted by atomic mass is 10.2. The van der Waals surface area contributed by atoms with Gasteiger partial charge < -0.3 is 10.1 Å². The molecule has 2 aromatic carbocycles. The fourth-order valence-electron chi connectivity index (χ4n) is 3.46. The topological polar surface area (TPSA) is 92.3 Å². The van der Waals surface area contributed by atoms with E-state index in [1.165, 1.54) is 0 Å². The van der Waals surface area contributed by atoms with Gasteiger partial charge in [0.1, 0.15) is 22.9 Å². The van der Waals surface area contributed by atoms with Crippen molar-refractivity contribution in [2.45, 2.75) is 0 Å². The van der Waals surface area contributed by atoms with Crippen molar-refractivity contribution in [3.63, 3.8) is 0 Å².